The van der Waals surface area contributed by atoms with E-state index in [1.165, 1.54) is 12.1 Å². The number of rotatable bonds is 7. The van der Waals surface area contributed by atoms with Crippen molar-refractivity contribution < 1.29 is 27.6 Å². The van der Waals surface area contributed by atoms with E-state index in [0.29, 0.717) is 17.7 Å². The highest BCUT2D eigenvalue weighted by atomic mass is 19.4. The molecule has 4 aromatic rings. The average molecular weight is 496 g/mol. The van der Waals surface area contributed by atoms with Crippen LogP contribution in [0.15, 0.2) is 71.3 Å². The summed E-state index contributed by atoms with van der Waals surface area (Å²) in [5.74, 6) is -0.741. The third kappa shape index (κ3) is 5.31. The number of aliphatic carboxylic acids is 1. The maximum atomic E-state index is 14.0. The van der Waals surface area contributed by atoms with Crippen molar-refractivity contribution in [2.75, 3.05) is 7.05 Å². The molecule has 36 heavy (non-hydrogen) atoms. The highest BCUT2D eigenvalue weighted by Crippen LogP contribution is 2.40. The van der Waals surface area contributed by atoms with Crippen molar-refractivity contribution in [1.82, 2.24) is 15.0 Å². The zero-order chi connectivity index (χ0) is 26.0. The van der Waals surface area contributed by atoms with Gasteiger partial charge in [-0.25, -0.2) is 0 Å². The monoisotopic (exact) mass is 495 g/mol. The smallest absolute Gasteiger partial charge is 0.417 e. The van der Waals surface area contributed by atoms with E-state index < -0.39 is 23.8 Å². The molecule has 0 aliphatic heterocycles. The van der Waals surface area contributed by atoms with Crippen molar-refractivity contribution in [1.29, 1.82) is 0 Å². The Bertz CT molecular complexity index is 1400. The van der Waals surface area contributed by atoms with E-state index in [9.17, 15) is 23.1 Å². The topological polar surface area (TPSA) is 79.5 Å². The lowest BCUT2D eigenvalue weighted by Gasteiger charge is -2.21. The van der Waals surface area contributed by atoms with Gasteiger partial charge in [0.1, 0.15) is 6.04 Å². The molecule has 0 spiro atoms. The first kappa shape index (κ1) is 25.1. The van der Waals surface area contributed by atoms with Gasteiger partial charge >= 0.3 is 12.1 Å². The minimum absolute atomic E-state index is 0.0335. The number of aromatic nitrogens is 2. The molecular formula is C27H24F3N3O3. The molecule has 1 atom stereocenters. The van der Waals surface area contributed by atoms with Crippen LogP contribution in [0.4, 0.5) is 13.2 Å². The Morgan fingerprint density at radius 1 is 1.03 bits per heavy atom. The maximum Gasteiger partial charge on any atom is 0.417 e. The third-order valence-electron chi connectivity index (χ3n) is 6.07. The molecule has 0 aliphatic rings. The Kier molecular flexibility index (Phi) is 6.94. The summed E-state index contributed by atoms with van der Waals surface area (Å²) in [6.45, 7) is 3.74. The van der Waals surface area contributed by atoms with Gasteiger partial charge < -0.3 is 9.63 Å². The van der Waals surface area contributed by atoms with Gasteiger partial charge in [0.2, 0.25) is 5.82 Å². The van der Waals surface area contributed by atoms with Crippen LogP contribution in [0.2, 0.25) is 0 Å². The van der Waals surface area contributed by atoms with Gasteiger partial charge in [-0.05, 0) is 61.3 Å². The third-order valence-corrected chi connectivity index (χ3v) is 6.07. The first-order valence-electron chi connectivity index (χ1n) is 11.2. The van der Waals surface area contributed by atoms with Gasteiger partial charge in [0.15, 0.2) is 0 Å². The molecular weight excluding hydrogens is 471 g/mol. The first-order valence-corrected chi connectivity index (χ1v) is 11.2. The number of nitrogens with zero attached hydrogens (tertiary/aromatic N) is 3. The molecule has 0 saturated carbocycles. The minimum Gasteiger partial charge on any atom is -0.480 e. The summed E-state index contributed by atoms with van der Waals surface area (Å²) < 4.78 is 47.3. The number of likely N-dealkylation sites (N-methyl/N-ethyl adjacent to an activating group) is 1. The molecule has 0 bridgehead atoms. The lowest BCUT2D eigenvalue weighted by Crippen LogP contribution is -2.35. The molecule has 1 heterocycles. The average Bonchev–Trinajstić information content (AvgIpc) is 3.33. The van der Waals surface area contributed by atoms with Crippen LogP contribution in [0.25, 0.3) is 34.0 Å². The standard InChI is InChI=1S/C27H24F3N3O3/c1-16-7-4-5-10-21(16)22-12-11-20(14-23(22)27(28,29)30)25-31-24(32-36-25)19-9-6-8-18(13-19)15-33(3)17(2)26(34)35/h4-14,17H,15H2,1-3H3,(H,34,35)/t17-/m0/s1. The summed E-state index contributed by atoms with van der Waals surface area (Å²) >= 11 is 0. The Balaban J connectivity index is 1.65. The number of carboxylic acids is 1. The minimum atomic E-state index is -4.58. The predicted octanol–water partition coefficient (Wildman–Crippen LogP) is 6.30. The molecule has 0 radical (unpaired) electrons. The van der Waals surface area contributed by atoms with Gasteiger partial charge in [-0.3, -0.25) is 9.69 Å². The Morgan fingerprint density at radius 2 is 1.78 bits per heavy atom. The summed E-state index contributed by atoms with van der Waals surface area (Å²) in [6, 6.07) is 17.4. The van der Waals surface area contributed by atoms with Gasteiger partial charge in [-0.2, -0.15) is 18.2 Å². The lowest BCUT2D eigenvalue weighted by atomic mass is 9.94. The fraction of sp³-hybridized carbons (Fsp3) is 0.222. The van der Waals surface area contributed by atoms with Crippen molar-refractivity contribution >= 4 is 5.97 Å². The second-order valence-corrected chi connectivity index (χ2v) is 8.63. The number of benzene rings is 3. The zero-order valence-electron chi connectivity index (χ0n) is 19.9. The second-order valence-electron chi connectivity index (χ2n) is 8.63. The second kappa shape index (κ2) is 9.94. The van der Waals surface area contributed by atoms with Crippen LogP contribution in [0.3, 0.4) is 0 Å². The number of alkyl halides is 3. The molecule has 4 rings (SSSR count). The lowest BCUT2D eigenvalue weighted by molar-refractivity contribution is -0.142. The summed E-state index contributed by atoms with van der Waals surface area (Å²) in [5.41, 5.74) is 2.12. The highest BCUT2D eigenvalue weighted by Gasteiger charge is 2.34. The normalized spacial score (nSPS) is 12.6. The highest BCUT2D eigenvalue weighted by molar-refractivity contribution is 5.75. The van der Waals surface area contributed by atoms with Crippen LogP contribution in [0.5, 0.6) is 0 Å². The van der Waals surface area contributed by atoms with E-state index in [1.807, 2.05) is 6.07 Å². The van der Waals surface area contributed by atoms with Crippen LogP contribution in [0.1, 0.15) is 23.6 Å². The fourth-order valence-corrected chi connectivity index (χ4v) is 3.90. The number of carbonyl (C=O) groups is 1. The molecule has 0 amide bonds. The maximum absolute atomic E-state index is 14.0. The van der Waals surface area contributed by atoms with Gasteiger partial charge in [0.25, 0.3) is 5.89 Å². The molecule has 0 aliphatic carbocycles. The van der Waals surface area contributed by atoms with Gasteiger partial charge in [-0.15, -0.1) is 0 Å². The zero-order valence-corrected chi connectivity index (χ0v) is 19.9. The summed E-state index contributed by atoms with van der Waals surface area (Å²) in [6.07, 6.45) is -4.58. The molecule has 9 heteroatoms. The number of halogens is 3. The van der Waals surface area contributed by atoms with Crippen molar-refractivity contribution in [2.45, 2.75) is 32.6 Å². The van der Waals surface area contributed by atoms with Crippen LogP contribution in [-0.2, 0) is 17.5 Å². The first-order chi connectivity index (χ1) is 17.0. The number of hydrogen-bond acceptors (Lipinski definition) is 5. The number of aryl methyl sites for hydroxylation is 1. The Hall–Kier alpha value is -3.98. The van der Waals surface area contributed by atoms with Gasteiger partial charge in [0, 0.05) is 17.7 Å². The Morgan fingerprint density at radius 3 is 2.47 bits per heavy atom. The van der Waals surface area contributed by atoms with Crippen molar-refractivity contribution in [3.8, 4) is 34.0 Å². The largest absolute Gasteiger partial charge is 0.480 e. The van der Waals surface area contributed by atoms with Crippen LogP contribution >= 0.6 is 0 Å². The molecule has 3 aromatic carbocycles. The molecule has 186 valence electrons. The van der Waals surface area contributed by atoms with E-state index in [-0.39, 0.29) is 22.8 Å². The van der Waals surface area contributed by atoms with Gasteiger partial charge in [0.05, 0.1) is 5.56 Å². The Labute approximate surface area is 206 Å². The quantitative estimate of drug-likeness (QED) is 0.324. The van der Waals surface area contributed by atoms with Crippen molar-refractivity contribution in [3.63, 3.8) is 0 Å². The van der Waals surface area contributed by atoms with E-state index in [1.54, 1.807) is 68.3 Å². The van der Waals surface area contributed by atoms with E-state index >= 15 is 0 Å². The van der Waals surface area contributed by atoms with E-state index in [2.05, 4.69) is 10.1 Å². The van der Waals surface area contributed by atoms with E-state index in [0.717, 1.165) is 17.2 Å². The summed E-state index contributed by atoms with van der Waals surface area (Å²) in [7, 11) is 1.71. The molecule has 0 unspecified atom stereocenters. The van der Waals surface area contributed by atoms with Gasteiger partial charge in [-0.1, -0.05) is 53.7 Å². The summed E-state index contributed by atoms with van der Waals surface area (Å²) in [5, 5.41) is 13.2. The van der Waals surface area contributed by atoms with Crippen molar-refractivity contribution in [2.24, 2.45) is 0 Å². The van der Waals surface area contributed by atoms with Crippen molar-refractivity contribution in [3.05, 3.63) is 83.4 Å². The van der Waals surface area contributed by atoms with E-state index in [4.69, 9.17) is 4.52 Å². The molecule has 0 fully saturated rings. The fourth-order valence-electron chi connectivity index (χ4n) is 3.90. The molecule has 1 aromatic heterocycles. The number of carboxylic acid groups (broad SMARTS) is 1. The van der Waals surface area contributed by atoms with Crippen LogP contribution in [0, 0.1) is 6.92 Å². The predicted molar refractivity (Wildman–Crippen MR) is 129 cm³/mol. The summed E-state index contributed by atoms with van der Waals surface area (Å²) in [4.78, 5) is 17.2. The SMILES string of the molecule is Cc1ccccc1-c1ccc(-c2nc(-c3cccc(CN(C)[C@@H](C)C(=O)O)c3)no2)cc1C(F)(F)F. The van der Waals surface area contributed by atoms with Crippen LogP contribution < -0.4 is 0 Å². The molecule has 6 nitrogen and oxygen atoms in total. The molecule has 1 N–H and O–H groups in total. The number of hydrogen-bond donors (Lipinski definition) is 1. The van der Waals surface area contributed by atoms with Crippen LogP contribution in [-0.4, -0.2) is 39.2 Å². The molecule has 0 saturated heterocycles.